The summed E-state index contributed by atoms with van der Waals surface area (Å²) in [5.74, 6) is -1.41. The van der Waals surface area contributed by atoms with Crippen LogP contribution in [0.15, 0.2) is 35.8 Å². The van der Waals surface area contributed by atoms with Crippen molar-refractivity contribution in [3.8, 4) is 5.75 Å². The van der Waals surface area contributed by atoms with E-state index in [0.29, 0.717) is 11.4 Å². The molecule has 17 heavy (non-hydrogen) atoms. The summed E-state index contributed by atoms with van der Waals surface area (Å²) >= 11 is 1.33. The number of thiazole rings is 1. The van der Waals surface area contributed by atoms with Gasteiger partial charge in [0.15, 0.2) is 0 Å². The summed E-state index contributed by atoms with van der Waals surface area (Å²) in [5, 5.41) is 20.9. The van der Waals surface area contributed by atoms with Crippen molar-refractivity contribution in [3.05, 3.63) is 46.4 Å². The molecule has 2 rings (SSSR count). The molecule has 88 valence electrons. The van der Waals surface area contributed by atoms with Crippen molar-refractivity contribution in [1.29, 1.82) is 0 Å². The number of hydrogen-bond acceptors (Lipinski definition) is 4. The van der Waals surface area contributed by atoms with Crippen LogP contribution in [-0.2, 0) is 11.2 Å². The zero-order valence-corrected chi connectivity index (χ0v) is 9.72. The summed E-state index contributed by atoms with van der Waals surface area (Å²) in [7, 11) is 0. The number of carboxylic acids is 1. The van der Waals surface area contributed by atoms with Crippen LogP contribution in [0.2, 0.25) is 0 Å². The molecule has 0 bridgehead atoms. The fourth-order valence-electron chi connectivity index (χ4n) is 1.61. The monoisotopic (exact) mass is 249 g/mol. The van der Waals surface area contributed by atoms with Crippen LogP contribution in [0.5, 0.6) is 5.75 Å². The molecule has 0 saturated carbocycles. The highest BCUT2D eigenvalue weighted by molar-refractivity contribution is 7.09. The highest BCUT2D eigenvalue weighted by atomic mass is 32.1. The molecular weight excluding hydrogens is 238 g/mol. The summed E-state index contributed by atoms with van der Waals surface area (Å²) in [4.78, 5) is 15.2. The molecule has 0 aliphatic carbocycles. The van der Waals surface area contributed by atoms with Crippen LogP contribution >= 0.6 is 11.3 Å². The minimum absolute atomic E-state index is 0.144. The Morgan fingerprint density at radius 3 is 2.88 bits per heavy atom. The fourth-order valence-corrected chi connectivity index (χ4v) is 2.34. The van der Waals surface area contributed by atoms with Gasteiger partial charge in [-0.3, -0.25) is 4.79 Å². The minimum Gasteiger partial charge on any atom is -0.508 e. The van der Waals surface area contributed by atoms with Gasteiger partial charge in [0.1, 0.15) is 16.7 Å². The third-order valence-corrected chi connectivity index (χ3v) is 3.29. The fraction of sp³-hybridized carbons (Fsp3) is 0.167. The molecule has 0 aliphatic heterocycles. The lowest BCUT2D eigenvalue weighted by Crippen LogP contribution is -2.14. The van der Waals surface area contributed by atoms with Gasteiger partial charge >= 0.3 is 5.97 Å². The number of phenolic OH excluding ortho intramolecular Hbond substituents is 1. The molecule has 4 nitrogen and oxygen atoms in total. The molecule has 0 aliphatic rings. The van der Waals surface area contributed by atoms with E-state index < -0.39 is 11.9 Å². The highest BCUT2D eigenvalue weighted by Gasteiger charge is 2.22. The van der Waals surface area contributed by atoms with Crippen LogP contribution < -0.4 is 0 Å². The van der Waals surface area contributed by atoms with Crippen molar-refractivity contribution in [2.24, 2.45) is 0 Å². The number of aromatic hydroxyl groups is 1. The van der Waals surface area contributed by atoms with E-state index in [2.05, 4.69) is 4.98 Å². The largest absolute Gasteiger partial charge is 0.508 e. The normalized spacial score (nSPS) is 12.2. The number of phenols is 1. The minimum atomic E-state index is -0.900. The van der Waals surface area contributed by atoms with Gasteiger partial charge in [0.2, 0.25) is 0 Å². The van der Waals surface area contributed by atoms with Gasteiger partial charge in [0.05, 0.1) is 0 Å². The number of carboxylic acid groups (broad SMARTS) is 1. The average Bonchev–Trinajstić information content (AvgIpc) is 2.78. The smallest absolute Gasteiger partial charge is 0.313 e. The maximum atomic E-state index is 11.2. The van der Waals surface area contributed by atoms with Crippen LogP contribution in [0.1, 0.15) is 16.5 Å². The van der Waals surface area contributed by atoms with Gasteiger partial charge < -0.3 is 10.2 Å². The Kier molecular flexibility index (Phi) is 3.39. The van der Waals surface area contributed by atoms with Crippen LogP contribution in [0.25, 0.3) is 0 Å². The quantitative estimate of drug-likeness (QED) is 0.872. The summed E-state index contributed by atoms with van der Waals surface area (Å²) in [5.41, 5.74) is 0.785. The lowest BCUT2D eigenvalue weighted by molar-refractivity contribution is -0.138. The van der Waals surface area contributed by atoms with Crippen molar-refractivity contribution in [2.75, 3.05) is 0 Å². The van der Waals surface area contributed by atoms with Gasteiger partial charge in [-0.2, -0.15) is 0 Å². The van der Waals surface area contributed by atoms with Crippen LogP contribution in [0.3, 0.4) is 0 Å². The van der Waals surface area contributed by atoms with Crippen molar-refractivity contribution in [1.82, 2.24) is 4.98 Å². The van der Waals surface area contributed by atoms with E-state index in [-0.39, 0.29) is 5.75 Å². The number of aliphatic carboxylic acids is 1. The third-order valence-electron chi connectivity index (χ3n) is 2.40. The first-order valence-electron chi connectivity index (χ1n) is 5.07. The lowest BCUT2D eigenvalue weighted by Gasteiger charge is -2.09. The molecule has 0 spiro atoms. The second-order valence-electron chi connectivity index (χ2n) is 3.64. The van der Waals surface area contributed by atoms with Crippen molar-refractivity contribution >= 4 is 17.3 Å². The standard InChI is InChI=1S/C12H11NO3S/c14-9-3-1-2-8(6-9)7-10(12(15)16)11-13-4-5-17-11/h1-6,10,14H,7H2,(H,15,16). The first-order chi connectivity index (χ1) is 8.16. The number of hydrogen-bond donors (Lipinski definition) is 2. The molecule has 0 radical (unpaired) electrons. The van der Waals surface area contributed by atoms with E-state index in [4.69, 9.17) is 0 Å². The summed E-state index contributed by atoms with van der Waals surface area (Å²) in [6, 6.07) is 6.63. The summed E-state index contributed by atoms with van der Waals surface area (Å²) < 4.78 is 0. The zero-order valence-electron chi connectivity index (χ0n) is 8.91. The Labute approximate surface area is 102 Å². The van der Waals surface area contributed by atoms with E-state index in [0.717, 1.165) is 5.56 Å². The summed E-state index contributed by atoms with van der Waals surface area (Å²) in [6.45, 7) is 0. The molecule has 0 fully saturated rings. The van der Waals surface area contributed by atoms with Crippen LogP contribution in [0.4, 0.5) is 0 Å². The Morgan fingerprint density at radius 1 is 1.47 bits per heavy atom. The molecular formula is C12H11NO3S. The Balaban J connectivity index is 2.22. The number of carbonyl (C=O) groups is 1. The third kappa shape index (κ3) is 2.82. The average molecular weight is 249 g/mol. The molecule has 2 N–H and O–H groups in total. The second-order valence-corrected chi connectivity index (χ2v) is 4.56. The van der Waals surface area contributed by atoms with Crippen molar-refractivity contribution in [2.45, 2.75) is 12.3 Å². The molecule has 1 aromatic heterocycles. The molecule has 0 saturated heterocycles. The lowest BCUT2D eigenvalue weighted by atomic mass is 10.00. The van der Waals surface area contributed by atoms with Gasteiger partial charge in [-0.15, -0.1) is 11.3 Å². The van der Waals surface area contributed by atoms with E-state index in [1.165, 1.54) is 11.3 Å². The predicted molar refractivity (Wildman–Crippen MR) is 64.3 cm³/mol. The number of rotatable bonds is 4. The number of aromatic nitrogens is 1. The molecule has 5 heteroatoms. The van der Waals surface area contributed by atoms with Crippen LogP contribution in [-0.4, -0.2) is 21.2 Å². The van der Waals surface area contributed by atoms with Gasteiger partial charge in [-0.25, -0.2) is 4.98 Å². The Hall–Kier alpha value is -1.88. The first-order valence-corrected chi connectivity index (χ1v) is 5.95. The molecule has 0 amide bonds. The molecule has 1 heterocycles. The molecule has 1 aromatic carbocycles. The van der Waals surface area contributed by atoms with Crippen LogP contribution in [0, 0.1) is 0 Å². The molecule has 1 unspecified atom stereocenters. The van der Waals surface area contributed by atoms with E-state index >= 15 is 0 Å². The zero-order chi connectivity index (χ0) is 12.3. The van der Waals surface area contributed by atoms with Gasteiger partial charge in [0.25, 0.3) is 0 Å². The summed E-state index contributed by atoms with van der Waals surface area (Å²) in [6.07, 6.45) is 1.93. The SMILES string of the molecule is O=C(O)C(Cc1cccc(O)c1)c1nccs1. The van der Waals surface area contributed by atoms with Crippen molar-refractivity contribution in [3.63, 3.8) is 0 Å². The topological polar surface area (TPSA) is 70.4 Å². The van der Waals surface area contributed by atoms with E-state index in [9.17, 15) is 15.0 Å². The molecule has 1 atom stereocenters. The van der Waals surface area contributed by atoms with Gasteiger partial charge in [0, 0.05) is 11.6 Å². The predicted octanol–water partition coefficient (Wildman–Crippen LogP) is 2.26. The highest BCUT2D eigenvalue weighted by Crippen LogP contribution is 2.24. The van der Waals surface area contributed by atoms with Gasteiger partial charge in [-0.1, -0.05) is 12.1 Å². The van der Waals surface area contributed by atoms with Crippen molar-refractivity contribution < 1.29 is 15.0 Å². The van der Waals surface area contributed by atoms with Gasteiger partial charge in [-0.05, 0) is 24.1 Å². The number of benzene rings is 1. The Bertz CT molecular complexity index is 510. The maximum Gasteiger partial charge on any atom is 0.313 e. The number of nitrogens with zero attached hydrogens (tertiary/aromatic N) is 1. The maximum absolute atomic E-state index is 11.2. The first kappa shape index (κ1) is 11.6. The second kappa shape index (κ2) is 4.97. The van der Waals surface area contributed by atoms with E-state index in [1.54, 1.807) is 35.8 Å². The molecule has 2 aromatic rings. The van der Waals surface area contributed by atoms with E-state index in [1.807, 2.05) is 0 Å². The Morgan fingerprint density at radius 2 is 2.29 bits per heavy atom.